The number of hydrogen-bond acceptors (Lipinski definition) is 3. The van der Waals surface area contributed by atoms with Crippen LogP contribution < -0.4 is 0 Å². The number of halogens is 1. The molecule has 0 N–H and O–H groups in total. The number of hydrogen-bond donors (Lipinski definition) is 0. The maximum absolute atomic E-state index is 12.0. The fraction of sp³-hybridized carbons (Fsp3) is 0.133. The SMILES string of the molecule is CC1OC(=O)C(c2ccsc2)=C1c1ccc(Cl)cc1. The molecule has 0 aliphatic carbocycles. The summed E-state index contributed by atoms with van der Waals surface area (Å²) in [5, 5.41) is 4.60. The molecule has 1 aromatic heterocycles. The minimum absolute atomic E-state index is 0.233. The van der Waals surface area contributed by atoms with E-state index in [4.69, 9.17) is 16.3 Å². The molecule has 0 spiro atoms. The van der Waals surface area contributed by atoms with E-state index in [1.165, 1.54) is 0 Å². The van der Waals surface area contributed by atoms with Gasteiger partial charge in [-0.3, -0.25) is 0 Å². The molecule has 1 aliphatic rings. The summed E-state index contributed by atoms with van der Waals surface area (Å²) in [6, 6.07) is 9.43. The van der Waals surface area contributed by atoms with Crippen LogP contribution in [-0.4, -0.2) is 12.1 Å². The highest BCUT2D eigenvalue weighted by molar-refractivity contribution is 7.08. The monoisotopic (exact) mass is 290 g/mol. The van der Waals surface area contributed by atoms with E-state index in [2.05, 4.69) is 0 Å². The van der Waals surface area contributed by atoms with Gasteiger partial charge in [0.15, 0.2) is 0 Å². The summed E-state index contributed by atoms with van der Waals surface area (Å²) in [7, 11) is 0. The third kappa shape index (κ3) is 2.20. The lowest BCUT2D eigenvalue weighted by atomic mass is 9.95. The normalized spacial score (nSPS) is 18.8. The molecule has 2 nitrogen and oxygen atoms in total. The molecule has 96 valence electrons. The van der Waals surface area contributed by atoms with E-state index >= 15 is 0 Å². The highest BCUT2D eigenvalue weighted by Gasteiger charge is 2.32. The summed E-state index contributed by atoms with van der Waals surface area (Å²) in [4.78, 5) is 12.0. The van der Waals surface area contributed by atoms with E-state index in [1.807, 2.05) is 48.0 Å². The molecule has 0 saturated carbocycles. The lowest BCUT2D eigenvalue weighted by Crippen LogP contribution is -2.05. The molecule has 2 heterocycles. The molecular weight excluding hydrogens is 280 g/mol. The lowest BCUT2D eigenvalue weighted by Gasteiger charge is -2.09. The highest BCUT2D eigenvalue weighted by atomic mass is 35.5. The third-order valence-electron chi connectivity index (χ3n) is 3.13. The first-order chi connectivity index (χ1) is 9.16. The molecule has 1 unspecified atom stereocenters. The summed E-state index contributed by atoms with van der Waals surface area (Å²) in [6.07, 6.45) is -0.233. The lowest BCUT2D eigenvalue weighted by molar-refractivity contribution is -0.136. The van der Waals surface area contributed by atoms with Crippen molar-refractivity contribution < 1.29 is 9.53 Å². The second-order valence-corrected chi connectivity index (χ2v) is 5.57. The number of cyclic esters (lactones) is 1. The topological polar surface area (TPSA) is 26.3 Å². The molecule has 0 saturated heterocycles. The largest absolute Gasteiger partial charge is 0.454 e. The molecule has 0 radical (unpaired) electrons. The maximum atomic E-state index is 12.0. The average Bonchev–Trinajstić information content (AvgIpc) is 2.98. The van der Waals surface area contributed by atoms with E-state index in [0.717, 1.165) is 16.7 Å². The van der Waals surface area contributed by atoms with Gasteiger partial charge in [-0.15, -0.1) is 0 Å². The van der Waals surface area contributed by atoms with Crippen LogP contribution >= 0.6 is 22.9 Å². The predicted octanol–water partition coefficient (Wildman–Crippen LogP) is 4.26. The summed E-state index contributed by atoms with van der Waals surface area (Å²) < 4.78 is 5.35. The number of rotatable bonds is 2. The van der Waals surface area contributed by atoms with Gasteiger partial charge in [0.1, 0.15) is 6.10 Å². The number of carbonyl (C=O) groups is 1. The van der Waals surface area contributed by atoms with Gasteiger partial charge in [-0.2, -0.15) is 11.3 Å². The van der Waals surface area contributed by atoms with Gasteiger partial charge in [-0.25, -0.2) is 4.79 Å². The van der Waals surface area contributed by atoms with Crippen molar-refractivity contribution in [1.29, 1.82) is 0 Å². The average molecular weight is 291 g/mol. The van der Waals surface area contributed by atoms with Crippen molar-refractivity contribution in [3.8, 4) is 0 Å². The molecule has 19 heavy (non-hydrogen) atoms. The van der Waals surface area contributed by atoms with E-state index in [0.29, 0.717) is 10.6 Å². The zero-order valence-corrected chi connectivity index (χ0v) is 11.8. The number of ether oxygens (including phenoxy) is 1. The Bertz CT molecular complexity index is 641. The predicted molar refractivity (Wildman–Crippen MR) is 78.1 cm³/mol. The van der Waals surface area contributed by atoms with Crippen LogP contribution in [0.25, 0.3) is 11.1 Å². The first-order valence-corrected chi connectivity index (χ1v) is 7.22. The van der Waals surface area contributed by atoms with Gasteiger partial charge in [0, 0.05) is 16.2 Å². The van der Waals surface area contributed by atoms with Gasteiger partial charge >= 0.3 is 5.97 Å². The highest BCUT2D eigenvalue weighted by Crippen LogP contribution is 2.38. The number of thiophene rings is 1. The zero-order chi connectivity index (χ0) is 13.4. The van der Waals surface area contributed by atoms with Crippen molar-refractivity contribution in [2.24, 2.45) is 0 Å². The van der Waals surface area contributed by atoms with Crippen molar-refractivity contribution >= 4 is 40.1 Å². The maximum Gasteiger partial charge on any atom is 0.339 e. The zero-order valence-electron chi connectivity index (χ0n) is 10.2. The number of benzene rings is 1. The smallest absolute Gasteiger partial charge is 0.339 e. The Labute approximate surface area is 120 Å². The summed E-state index contributed by atoms with van der Waals surface area (Å²) >= 11 is 7.47. The molecule has 0 bridgehead atoms. The van der Waals surface area contributed by atoms with Crippen LogP contribution in [0.2, 0.25) is 5.02 Å². The molecule has 3 rings (SSSR count). The van der Waals surface area contributed by atoms with Crippen LogP contribution in [0.5, 0.6) is 0 Å². The third-order valence-corrected chi connectivity index (χ3v) is 4.06. The Morgan fingerprint density at radius 2 is 1.89 bits per heavy atom. The quantitative estimate of drug-likeness (QED) is 0.773. The van der Waals surface area contributed by atoms with Crippen LogP contribution in [0.15, 0.2) is 41.1 Å². The Balaban J connectivity index is 2.18. The standard InChI is InChI=1S/C15H11ClO2S/c1-9-13(10-2-4-12(16)5-3-10)14(15(17)18-9)11-6-7-19-8-11/h2-9H,1H3. The van der Waals surface area contributed by atoms with Crippen molar-refractivity contribution in [2.75, 3.05) is 0 Å². The fourth-order valence-corrected chi connectivity index (χ4v) is 3.05. The minimum atomic E-state index is -0.254. The first-order valence-electron chi connectivity index (χ1n) is 5.90. The van der Waals surface area contributed by atoms with E-state index in [9.17, 15) is 4.79 Å². The summed E-state index contributed by atoms with van der Waals surface area (Å²) in [5.41, 5.74) is 3.49. The molecule has 1 aliphatic heterocycles. The Morgan fingerprint density at radius 1 is 1.16 bits per heavy atom. The second-order valence-electron chi connectivity index (χ2n) is 4.36. The molecule has 0 fully saturated rings. The Kier molecular flexibility index (Phi) is 3.17. The Morgan fingerprint density at radius 3 is 2.53 bits per heavy atom. The van der Waals surface area contributed by atoms with Gasteiger partial charge in [-0.1, -0.05) is 23.7 Å². The first kappa shape index (κ1) is 12.5. The van der Waals surface area contributed by atoms with Crippen LogP contribution in [0.3, 0.4) is 0 Å². The van der Waals surface area contributed by atoms with Gasteiger partial charge in [0.2, 0.25) is 0 Å². The van der Waals surface area contributed by atoms with E-state index in [-0.39, 0.29) is 12.1 Å². The van der Waals surface area contributed by atoms with Crippen LogP contribution in [0.1, 0.15) is 18.1 Å². The number of esters is 1. The Hall–Kier alpha value is -1.58. The molecule has 4 heteroatoms. The number of carbonyl (C=O) groups excluding carboxylic acids is 1. The summed E-state index contributed by atoms with van der Waals surface area (Å²) in [5.74, 6) is -0.254. The van der Waals surface area contributed by atoms with Gasteiger partial charge in [0.05, 0.1) is 5.57 Å². The van der Waals surface area contributed by atoms with Crippen LogP contribution in [0, 0.1) is 0 Å². The van der Waals surface area contributed by atoms with Gasteiger partial charge in [0.25, 0.3) is 0 Å². The van der Waals surface area contributed by atoms with Crippen LogP contribution in [0.4, 0.5) is 0 Å². The van der Waals surface area contributed by atoms with Crippen molar-refractivity contribution in [2.45, 2.75) is 13.0 Å². The molecule has 2 aromatic rings. The molecule has 1 aromatic carbocycles. The second kappa shape index (κ2) is 4.83. The van der Waals surface area contributed by atoms with Crippen LogP contribution in [-0.2, 0) is 9.53 Å². The minimum Gasteiger partial charge on any atom is -0.454 e. The van der Waals surface area contributed by atoms with Crippen molar-refractivity contribution in [3.05, 3.63) is 57.2 Å². The molecule has 0 amide bonds. The van der Waals surface area contributed by atoms with Gasteiger partial charge in [-0.05, 0) is 41.4 Å². The molecular formula is C15H11ClO2S. The molecule has 1 atom stereocenters. The van der Waals surface area contributed by atoms with Crippen molar-refractivity contribution in [1.82, 2.24) is 0 Å². The van der Waals surface area contributed by atoms with E-state index < -0.39 is 0 Å². The van der Waals surface area contributed by atoms with Crippen molar-refractivity contribution in [3.63, 3.8) is 0 Å². The van der Waals surface area contributed by atoms with Gasteiger partial charge < -0.3 is 4.74 Å². The fourth-order valence-electron chi connectivity index (χ4n) is 2.28. The summed E-state index contributed by atoms with van der Waals surface area (Å²) in [6.45, 7) is 1.89. The van der Waals surface area contributed by atoms with E-state index in [1.54, 1.807) is 11.3 Å².